The van der Waals surface area contributed by atoms with Gasteiger partial charge in [0.15, 0.2) is 6.10 Å². The molecule has 6 heteroatoms. The van der Waals surface area contributed by atoms with Gasteiger partial charge in [0.1, 0.15) is 11.5 Å². The molecule has 124 valence electrons. The van der Waals surface area contributed by atoms with Crippen molar-refractivity contribution in [3.63, 3.8) is 0 Å². The topological polar surface area (TPSA) is 59.9 Å². The molecular formula is C18H17ClN2O3. The van der Waals surface area contributed by atoms with Gasteiger partial charge in [0.25, 0.3) is 5.91 Å². The molecule has 1 amide bonds. The Kier molecular flexibility index (Phi) is 5.01. The Hall–Kier alpha value is -2.53. The maximum atomic E-state index is 12.2. The van der Waals surface area contributed by atoms with E-state index >= 15 is 0 Å². The second kappa shape index (κ2) is 7.36. The average molecular weight is 345 g/mol. The molecular weight excluding hydrogens is 328 g/mol. The quantitative estimate of drug-likeness (QED) is 0.865. The summed E-state index contributed by atoms with van der Waals surface area (Å²) in [5, 5.41) is 4.85. The number of amides is 1. The van der Waals surface area contributed by atoms with E-state index in [4.69, 9.17) is 21.1 Å². The normalized spacial score (nSPS) is 16.0. The number of halogens is 1. The van der Waals surface area contributed by atoms with Crippen LogP contribution in [0.3, 0.4) is 0 Å². The van der Waals surface area contributed by atoms with Crippen molar-refractivity contribution in [2.75, 3.05) is 6.61 Å². The minimum atomic E-state index is -0.675. The summed E-state index contributed by atoms with van der Waals surface area (Å²) in [6.07, 6.45) is -0.0328. The summed E-state index contributed by atoms with van der Waals surface area (Å²) in [6, 6.07) is 14.5. The fourth-order valence-electron chi connectivity index (χ4n) is 2.32. The van der Waals surface area contributed by atoms with Crippen molar-refractivity contribution >= 4 is 23.2 Å². The van der Waals surface area contributed by atoms with E-state index in [-0.39, 0.29) is 5.91 Å². The van der Waals surface area contributed by atoms with E-state index in [2.05, 4.69) is 10.5 Å². The SMILES string of the molecule is CC(Oc1ccc(Cl)cc1)C(=O)N/N=C1/CCOc2ccccc21. The lowest BCUT2D eigenvalue weighted by Gasteiger charge is -2.19. The van der Waals surface area contributed by atoms with Crippen molar-refractivity contribution < 1.29 is 14.3 Å². The van der Waals surface area contributed by atoms with Crippen LogP contribution in [0.25, 0.3) is 0 Å². The van der Waals surface area contributed by atoms with E-state index in [1.807, 2.05) is 24.3 Å². The van der Waals surface area contributed by atoms with Crippen molar-refractivity contribution in [3.8, 4) is 11.5 Å². The molecule has 1 unspecified atom stereocenters. The number of ether oxygens (including phenoxy) is 2. The number of hydrogen-bond donors (Lipinski definition) is 1. The highest BCUT2D eigenvalue weighted by atomic mass is 35.5. The largest absolute Gasteiger partial charge is 0.492 e. The van der Waals surface area contributed by atoms with E-state index in [0.717, 1.165) is 17.0 Å². The van der Waals surface area contributed by atoms with Crippen molar-refractivity contribution in [2.45, 2.75) is 19.4 Å². The molecule has 1 aliphatic rings. The summed E-state index contributed by atoms with van der Waals surface area (Å²) in [5.41, 5.74) is 4.26. The zero-order valence-electron chi connectivity index (χ0n) is 13.2. The number of carbonyl (C=O) groups excluding carboxylic acids is 1. The third-order valence-corrected chi connectivity index (χ3v) is 3.84. The van der Waals surface area contributed by atoms with Crippen LogP contribution in [-0.2, 0) is 4.79 Å². The minimum absolute atomic E-state index is 0.318. The molecule has 5 nitrogen and oxygen atoms in total. The van der Waals surface area contributed by atoms with Gasteiger partial charge < -0.3 is 9.47 Å². The van der Waals surface area contributed by atoms with Gasteiger partial charge in [-0.25, -0.2) is 5.43 Å². The Bertz CT molecular complexity index is 759. The summed E-state index contributed by atoms with van der Waals surface area (Å²) in [6.45, 7) is 2.21. The molecule has 0 saturated heterocycles. The van der Waals surface area contributed by atoms with Gasteiger partial charge in [-0.15, -0.1) is 0 Å². The second-order valence-corrected chi connectivity index (χ2v) is 5.78. The number of para-hydroxylation sites is 1. The van der Waals surface area contributed by atoms with Crippen molar-refractivity contribution in [1.29, 1.82) is 0 Å². The molecule has 1 heterocycles. The Morgan fingerprint density at radius 1 is 1.25 bits per heavy atom. The highest BCUT2D eigenvalue weighted by molar-refractivity contribution is 6.30. The molecule has 2 aromatic carbocycles. The van der Waals surface area contributed by atoms with Crippen LogP contribution in [0.15, 0.2) is 53.6 Å². The lowest BCUT2D eigenvalue weighted by atomic mass is 10.0. The van der Waals surface area contributed by atoms with E-state index in [1.165, 1.54) is 0 Å². The maximum Gasteiger partial charge on any atom is 0.280 e. The second-order valence-electron chi connectivity index (χ2n) is 5.34. The number of benzene rings is 2. The Labute approximate surface area is 145 Å². The van der Waals surface area contributed by atoms with Crippen molar-refractivity contribution in [3.05, 3.63) is 59.1 Å². The fourth-order valence-corrected chi connectivity index (χ4v) is 2.45. The highest BCUT2D eigenvalue weighted by Crippen LogP contribution is 2.24. The molecule has 0 saturated carbocycles. The van der Waals surface area contributed by atoms with Gasteiger partial charge in [0.05, 0.1) is 12.3 Å². The first-order chi connectivity index (χ1) is 11.6. The molecule has 1 atom stereocenters. The number of hydrogen-bond acceptors (Lipinski definition) is 4. The van der Waals surface area contributed by atoms with Crippen LogP contribution in [-0.4, -0.2) is 24.3 Å². The zero-order valence-corrected chi connectivity index (χ0v) is 13.9. The number of nitrogens with zero attached hydrogens (tertiary/aromatic N) is 1. The number of carbonyl (C=O) groups is 1. The number of nitrogens with one attached hydrogen (secondary N) is 1. The number of hydrazone groups is 1. The van der Waals surface area contributed by atoms with Crippen LogP contribution in [0, 0.1) is 0 Å². The van der Waals surface area contributed by atoms with Gasteiger partial charge in [-0.1, -0.05) is 23.7 Å². The lowest BCUT2D eigenvalue weighted by molar-refractivity contribution is -0.127. The molecule has 3 rings (SSSR count). The van der Waals surface area contributed by atoms with Gasteiger partial charge in [-0.3, -0.25) is 4.79 Å². The van der Waals surface area contributed by atoms with Gasteiger partial charge in [0.2, 0.25) is 0 Å². The lowest BCUT2D eigenvalue weighted by Crippen LogP contribution is -2.34. The van der Waals surface area contributed by atoms with Crippen molar-refractivity contribution in [1.82, 2.24) is 5.43 Å². The van der Waals surface area contributed by atoms with E-state index in [9.17, 15) is 4.79 Å². The van der Waals surface area contributed by atoms with Crippen LogP contribution in [0.2, 0.25) is 5.02 Å². The van der Waals surface area contributed by atoms with E-state index in [0.29, 0.717) is 23.8 Å². The minimum Gasteiger partial charge on any atom is -0.492 e. The third-order valence-electron chi connectivity index (χ3n) is 3.59. The molecule has 2 aromatic rings. The smallest absolute Gasteiger partial charge is 0.280 e. The summed E-state index contributed by atoms with van der Waals surface area (Å²) >= 11 is 5.82. The summed E-state index contributed by atoms with van der Waals surface area (Å²) < 4.78 is 11.1. The molecule has 0 fully saturated rings. The first kappa shape index (κ1) is 16.3. The summed E-state index contributed by atoms with van der Waals surface area (Å²) in [7, 11) is 0. The Morgan fingerprint density at radius 3 is 2.79 bits per heavy atom. The molecule has 0 bridgehead atoms. The summed E-state index contributed by atoms with van der Waals surface area (Å²) in [5.74, 6) is 1.04. The van der Waals surface area contributed by atoms with E-state index < -0.39 is 6.10 Å². The fraction of sp³-hybridized carbons (Fsp3) is 0.222. The molecule has 1 aliphatic heterocycles. The van der Waals surface area contributed by atoms with Gasteiger partial charge >= 0.3 is 0 Å². The monoisotopic (exact) mass is 344 g/mol. The number of fused-ring (bicyclic) bond motifs is 1. The first-order valence-electron chi connectivity index (χ1n) is 7.64. The zero-order chi connectivity index (χ0) is 16.9. The van der Waals surface area contributed by atoms with E-state index in [1.54, 1.807) is 31.2 Å². The Morgan fingerprint density at radius 2 is 2.00 bits per heavy atom. The Balaban J connectivity index is 1.64. The van der Waals surface area contributed by atoms with Gasteiger partial charge in [-0.05, 0) is 43.3 Å². The van der Waals surface area contributed by atoms with Crippen molar-refractivity contribution in [2.24, 2.45) is 5.10 Å². The molecule has 24 heavy (non-hydrogen) atoms. The van der Waals surface area contributed by atoms with Gasteiger partial charge in [0, 0.05) is 17.0 Å². The van der Waals surface area contributed by atoms with Crippen LogP contribution in [0.5, 0.6) is 11.5 Å². The molecule has 1 N–H and O–H groups in total. The average Bonchev–Trinajstić information content (AvgIpc) is 2.61. The first-order valence-corrected chi connectivity index (χ1v) is 8.02. The standard InChI is InChI=1S/C18H17ClN2O3/c1-12(24-14-8-6-13(19)7-9-14)18(22)21-20-16-10-11-23-17-5-3-2-4-15(16)17/h2-9,12H,10-11H2,1H3,(H,21,22)/b20-16-. The predicted octanol–water partition coefficient (Wildman–Crippen LogP) is 3.41. The third kappa shape index (κ3) is 3.86. The number of rotatable bonds is 4. The van der Waals surface area contributed by atoms with Crippen LogP contribution < -0.4 is 14.9 Å². The van der Waals surface area contributed by atoms with Gasteiger partial charge in [-0.2, -0.15) is 5.10 Å². The molecule has 0 aromatic heterocycles. The molecule has 0 spiro atoms. The van der Waals surface area contributed by atoms with Crippen LogP contribution in [0.1, 0.15) is 18.9 Å². The molecule has 0 aliphatic carbocycles. The summed E-state index contributed by atoms with van der Waals surface area (Å²) in [4.78, 5) is 12.2. The predicted molar refractivity (Wildman–Crippen MR) is 92.8 cm³/mol. The van der Waals surface area contributed by atoms with Crippen LogP contribution >= 0.6 is 11.6 Å². The highest BCUT2D eigenvalue weighted by Gasteiger charge is 2.18. The van der Waals surface area contributed by atoms with Crippen LogP contribution in [0.4, 0.5) is 0 Å². The molecule has 0 radical (unpaired) electrons. The maximum absolute atomic E-state index is 12.2.